The summed E-state index contributed by atoms with van der Waals surface area (Å²) in [5.41, 5.74) is 1.87. The number of hydrogen-bond acceptors (Lipinski definition) is 5. The Bertz CT molecular complexity index is 909. The van der Waals surface area contributed by atoms with Crippen LogP contribution in [0.1, 0.15) is 5.56 Å². The molecule has 0 bridgehead atoms. The van der Waals surface area contributed by atoms with Gasteiger partial charge in [-0.2, -0.15) is 4.31 Å². The molecule has 1 amide bonds. The van der Waals surface area contributed by atoms with Gasteiger partial charge in [0.05, 0.1) is 6.54 Å². The van der Waals surface area contributed by atoms with Crippen LogP contribution in [0.2, 0.25) is 0 Å². The van der Waals surface area contributed by atoms with Crippen LogP contribution in [-0.2, 0) is 14.8 Å². The molecule has 1 aromatic carbocycles. The van der Waals surface area contributed by atoms with E-state index in [-0.39, 0.29) is 12.5 Å². The van der Waals surface area contributed by atoms with Crippen molar-refractivity contribution in [3.05, 3.63) is 65.8 Å². The van der Waals surface area contributed by atoms with Crippen LogP contribution >= 0.6 is 0 Å². The topological polar surface area (TPSA) is 73.8 Å². The van der Waals surface area contributed by atoms with Gasteiger partial charge in [-0.05, 0) is 23.8 Å². The number of nitrogens with zero attached hydrogens (tertiary/aromatic N) is 4. The van der Waals surface area contributed by atoms with E-state index in [1.807, 2.05) is 42.5 Å². The summed E-state index contributed by atoms with van der Waals surface area (Å²) in [4.78, 5) is 20.5. The van der Waals surface area contributed by atoms with Gasteiger partial charge < -0.3 is 9.80 Å². The van der Waals surface area contributed by atoms with E-state index in [9.17, 15) is 13.2 Å². The first-order valence-electron chi connectivity index (χ1n) is 9.08. The molecule has 0 radical (unpaired) electrons. The Kier molecular flexibility index (Phi) is 6.43. The number of aromatic nitrogens is 1. The zero-order valence-electron chi connectivity index (χ0n) is 15.8. The SMILES string of the molecule is CN(CC(=O)N1CCN(c2ccncc2)CC1)S(=O)(=O)/C=C/c1ccccc1. The van der Waals surface area contributed by atoms with Gasteiger partial charge in [0.15, 0.2) is 0 Å². The molecule has 0 unspecified atom stereocenters. The predicted molar refractivity (Wildman–Crippen MR) is 110 cm³/mol. The number of benzene rings is 1. The first-order chi connectivity index (χ1) is 13.5. The van der Waals surface area contributed by atoms with E-state index in [4.69, 9.17) is 0 Å². The molecule has 3 rings (SSSR count). The van der Waals surface area contributed by atoms with Crippen LogP contribution in [-0.4, -0.2) is 68.3 Å². The highest BCUT2D eigenvalue weighted by molar-refractivity contribution is 7.92. The third kappa shape index (κ3) is 5.17. The number of piperazine rings is 1. The summed E-state index contributed by atoms with van der Waals surface area (Å²) in [7, 11) is -2.23. The van der Waals surface area contributed by atoms with Gasteiger partial charge in [-0.3, -0.25) is 9.78 Å². The third-order valence-electron chi connectivity index (χ3n) is 4.68. The van der Waals surface area contributed by atoms with Crippen molar-refractivity contribution in [1.82, 2.24) is 14.2 Å². The summed E-state index contributed by atoms with van der Waals surface area (Å²) in [5.74, 6) is -0.187. The van der Waals surface area contributed by atoms with Gasteiger partial charge in [-0.1, -0.05) is 30.3 Å². The molecule has 0 aliphatic carbocycles. The van der Waals surface area contributed by atoms with Crippen molar-refractivity contribution in [3.63, 3.8) is 0 Å². The molecule has 0 atom stereocenters. The molecule has 2 heterocycles. The Labute approximate surface area is 165 Å². The molecule has 28 heavy (non-hydrogen) atoms. The lowest BCUT2D eigenvalue weighted by atomic mass is 10.2. The van der Waals surface area contributed by atoms with E-state index in [2.05, 4.69) is 9.88 Å². The standard InChI is InChI=1S/C20H24N4O3S/c1-22(28(26,27)16-9-18-5-3-2-4-6-18)17-20(25)24-14-12-23(13-15-24)19-7-10-21-11-8-19/h2-11,16H,12-15,17H2,1H3/b16-9+. The third-order valence-corrected chi connectivity index (χ3v) is 6.16. The molecule has 8 heteroatoms. The molecule has 0 N–H and O–H groups in total. The number of amides is 1. The highest BCUT2D eigenvalue weighted by Crippen LogP contribution is 2.15. The number of anilines is 1. The van der Waals surface area contributed by atoms with Crippen molar-refractivity contribution in [2.45, 2.75) is 0 Å². The average molecular weight is 401 g/mol. The van der Waals surface area contributed by atoms with Crippen LogP contribution in [0.25, 0.3) is 6.08 Å². The van der Waals surface area contributed by atoms with E-state index in [0.29, 0.717) is 26.2 Å². The first-order valence-corrected chi connectivity index (χ1v) is 10.6. The molecule has 1 aliphatic heterocycles. The zero-order chi connectivity index (χ0) is 20.0. The van der Waals surface area contributed by atoms with Crippen molar-refractivity contribution in [2.75, 3.05) is 44.7 Å². The van der Waals surface area contributed by atoms with Crippen molar-refractivity contribution in [3.8, 4) is 0 Å². The summed E-state index contributed by atoms with van der Waals surface area (Å²) >= 11 is 0. The van der Waals surface area contributed by atoms with Gasteiger partial charge >= 0.3 is 0 Å². The van der Waals surface area contributed by atoms with Crippen molar-refractivity contribution >= 4 is 27.7 Å². The molecule has 0 spiro atoms. The van der Waals surface area contributed by atoms with Crippen LogP contribution in [0.15, 0.2) is 60.3 Å². The maximum Gasteiger partial charge on any atom is 0.238 e. The Morgan fingerprint density at radius 3 is 2.36 bits per heavy atom. The molecule has 1 aromatic heterocycles. The largest absolute Gasteiger partial charge is 0.368 e. The van der Waals surface area contributed by atoms with Crippen LogP contribution in [0.3, 0.4) is 0 Å². The van der Waals surface area contributed by atoms with Crippen molar-refractivity contribution < 1.29 is 13.2 Å². The van der Waals surface area contributed by atoms with Crippen molar-refractivity contribution in [2.24, 2.45) is 0 Å². The van der Waals surface area contributed by atoms with E-state index in [1.165, 1.54) is 13.1 Å². The van der Waals surface area contributed by atoms with Gasteiger partial charge in [0.1, 0.15) is 0 Å². The Morgan fingerprint density at radius 2 is 1.71 bits per heavy atom. The summed E-state index contributed by atoms with van der Waals surface area (Å²) in [5, 5.41) is 1.14. The number of carbonyl (C=O) groups excluding carboxylic acids is 1. The minimum atomic E-state index is -3.66. The number of hydrogen-bond donors (Lipinski definition) is 0. The molecule has 0 saturated carbocycles. The number of rotatable bonds is 6. The Balaban J connectivity index is 1.53. The van der Waals surface area contributed by atoms with Gasteiger partial charge in [0.2, 0.25) is 15.9 Å². The second-order valence-electron chi connectivity index (χ2n) is 6.59. The summed E-state index contributed by atoms with van der Waals surface area (Å²) in [6.07, 6.45) is 5.02. The fraction of sp³-hybridized carbons (Fsp3) is 0.300. The fourth-order valence-corrected chi connectivity index (χ4v) is 3.81. The van der Waals surface area contributed by atoms with E-state index >= 15 is 0 Å². The van der Waals surface area contributed by atoms with Crippen LogP contribution in [0, 0.1) is 0 Å². The molecule has 2 aromatic rings. The van der Waals surface area contributed by atoms with Gasteiger partial charge in [0, 0.05) is 56.7 Å². The number of pyridine rings is 1. The van der Waals surface area contributed by atoms with Gasteiger partial charge in [0.25, 0.3) is 0 Å². The lowest BCUT2D eigenvalue weighted by molar-refractivity contribution is -0.131. The normalized spacial score (nSPS) is 15.4. The quantitative estimate of drug-likeness (QED) is 0.737. The second-order valence-corrected chi connectivity index (χ2v) is 8.51. The molecule has 7 nitrogen and oxygen atoms in total. The number of likely N-dealkylation sites (N-methyl/N-ethyl adjacent to an activating group) is 1. The fourth-order valence-electron chi connectivity index (χ4n) is 2.98. The van der Waals surface area contributed by atoms with Crippen LogP contribution in [0.5, 0.6) is 0 Å². The van der Waals surface area contributed by atoms with Crippen molar-refractivity contribution in [1.29, 1.82) is 0 Å². The molecular formula is C20H24N4O3S. The average Bonchev–Trinajstić information content (AvgIpc) is 2.74. The smallest absolute Gasteiger partial charge is 0.238 e. The minimum absolute atomic E-state index is 0.170. The number of carbonyl (C=O) groups is 1. The molecule has 1 fully saturated rings. The van der Waals surface area contributed by atoms with Gasteiger partial charge in [-0.15, -0.1) is 0 Å². The molecule has 1 aliphatic rings. The Morgan fingerprint density at radius 1 is 1.07 bits per heavy atom. The lowest BCUT2D eigenvalue weighted by Crippen LogP contribution is -2.51. The Hall–Kier alpha value is -2.71. The van der Waals surface area contributed by atoms with E-state index in [1.54, 1.807) is 17.3 Å². The second kappa shape index (κ2) is 8.99. The summed E-state index contributed by atoms with van der Waals surface area (Å²) in [6.45, 7) is 2.38. The minimum Gasteiger partial charge on any atom is -0.368 e. The number of sulfonamides is 1. The predicted octanol–water partition coefficient (Wildman–Crippen LogP) is 1.66. The lowest BCUT2D eigenvalue weighted by Gasteiger charge is -2.36. The highest BCUT2D eigenvalue weighted by atomic mass is 32.2. The zero-order valence-corrected chi connectivity index (χ0v) is 16.6. The van der Waals surface area contributed by atoms with Crippen LogP contribution in [0.4, 0.5) is 5.69 Å². The summed E-state index contributed by atoms with van der Waals surface area (Å²) < 4.78 is 25.9. The van der Waals surface area contributed by atoms with E-state index in [0.717, 1.165) is 21.0 Å². The molecular weight excluding hydrogens is 376 g/mol. The highest BCUT2D eigenvalue weighted by Gasteiger charge is 2.25. The molecule has 148 valence electrons. The molecule has 1 saturated heterocycles. The maximum absolute atomic E-state index is 12.5. The van der Waals surface area contributed by atoms with Gasteiger partial charge in [-0.25, -0.2) is 8.42 Å². The maximum atomic E-state index is 12.5. The van der Waals surface area contributed by atoms with Crippen LogP contribution < -0.4 is 4.90 Å². The summed E-state index contributed by atoms with van der Waals surface area (Å²) in [6, 6.07) is 13.1. The first kappa shape index (κ1) is 20.0. The monoisotopic (exact) mass is 400 g/mol. The van der Waals surface area contributed by atoms with E-state index < -0.39 is 10.0 Å².